The van der Waals surface area contributed by atoms with Crippen molar-refractivity contribution in [3.05, 3.63) is 95.1 Å². The lowest BCUT2D eigenvalue weighted by Crippen LogP contribution is -2.25. The van der Waals surface area contributed by atoms with Gasteiger partial charge in [-0.3, -0.25) is 0 Å². The van der Waals surface area contributed by atoms with Gasteiger partial charge in [0.05, 0.1) is 19.8 Å². The Morgan fingerprint density at radius 2 is 1.26 bits per heavy atom. The fourth-order valence-corrected chi connectivity index (χ4v) is 3.51. The van der Waals surface area contributed by atoms with Gasteiger partial charge < -0.3 is 14.6 Å². The number of hydrogen-bond acceptors (Lipinski definition) is 3. The first-order valence-electron chi connectivity index (χ1n) is 8.31. The van der Waals surface area contributed by atoms with Gasteiger partial charge in [-0.1, -0.05) is 42.5 Å². The predicted octanol–water partition coefficient (Wildman–Crippen LogP) is 4.93. The van der Waals surface area contributed by atoms with E-state index in [2.05, 4.69) is 0 Å². The molecule has 0 spiro atoms. The second kappa shape index (κ2) is 7.72. The highest BCUT2D eigenvalue weighted by Crippen LogP contribution is 2.45. The molecular weight excluding hydrogens is 364 g/mol. The molecule has 0 saturated heterocycles. The number of ether oxygens (including phenoxy) is 2. The van der Waals surface area contributed by atoms with Crippen LogP contribution in [0.1, 0.15) is 27.0 Å². The lowest BCUT2D eigenvalue weighted by Gasteiger charge is -2.30. The summed E-state index contributed by atoms with van der Waals surface area (Å²) in [6, 6.07) is 21.4. The van der Waals surface area contributed by atoms with Crippen molar-refractivity contribution in [2.24, 2.45) is 0 Å². The van der Waals surface area contributed by atoms with Crippen molar-refractivity contribution < 1.29 is 19.4 Å². The van der Waals surface area contributed by atoms with Crippen LogP contribution in [-0.2, 0) is 4.87 Å². The Labute approximate surface area is 162 Å². The van der Waals surface area contributed by atoms with Crippen LogP contribution in [0.25, 0.3) is 0 Å². The lowest BCUT2D eigenvalue weighted by atomic mass is 9.82. The minimum absolute atomic E-state index is 0.152. The molecule has 3 rings (SSSR count). The van der Waals surface area contributed by atoms with Gasteiger partial charge >= 0.3 is 5.97 Å². The minimum Gasteiger partial charge on any atom is -0.497 e. The van der Waals surface area contributed by atoms with Crippen LogP contribution in [0, 0.1) is 0 Å². The standard InChI is InChI=1S/C22H19ClO4/c1-26-17-11-7-15(8-12-17)22(23,16-9-13-18(27-2)14-10-16)20-6-4-3-5-19(20)21(24)25/h3-14H,1-2H3,(H,24,25). The number of hydrogen-bond donors (Lipinski definition) is 1. The van der Waals surface area contributed by atoms with Crippen LogP contribution in [0.4, 0.5) is 0 Å². The van der Waals surface area contributed by atoms with Crippen LogP contribution in [0.5, 0.6) is 11.5 Å². The molecule has 0 heterocycles. The molecule has 0 amide bonds. The average Bonchev–Trinajstić information content (AvgIpc) is 2.73. The fourth-order valence-electron chi connectivity index (χ4n) is 3.09. The SMILES string of the molecule is COc1ccc(C(Cl)(c2ccc(OC)cc2)c2ccccc2C(=O)O)cc1. The molecule has 1 N–H and O–H groups in total. The van der Waals surface area contributed by atoms with Crippen LogP contribution in [-0.4, -0.2) is 25.3 Å². The number of alkyl halides is 1. The summed E-state index contributed by atoms with van der Waals surface area (Å²) >= 11 is 7.21. The fraction of sp³-hybridized carbons (Fsp3) is 0.136. The summed E-state index contributed by atoms with van der Waals surface area (Å²) in [4.78, 5) is 10.6. The van der Waals surface area contributed by atoms with E-state index in [0.717, 1.165) is 11.1 Å². The van der Waals surface area contributed by atoms with Crippen LogP contribution >= 0.6 is 11.6 Å². The summed E-state index contributed by atoms with van der Waals surface area (Å²) in [5.74, 6) is 0.357. The number of carbonyl (C=O) groups is 1. The Kier molecular flexibility index (Phi) is 5.38. The zero-order valence-electron chi connectivity index (χ0n) is 15.0. The largest absolute Gasteiger partial charge is 0.497 e. The smallest absolute Gasteiger partial charge is 0.336 e. The molecule has 0 atom stereocenters. The average molecular weight is 383 g/mol. The van der Waals surface area contributed by atoms with Crippen LogP contribution in [0.3, 0.4) is 0 Å². The van der Waals surface area contributed by atoms with Crippen molar-refractivity contribution in [1.29, 1.82) is 0 Å². The number of carboxylic acid groups (broad SMARTS) is 1. The molecule has 0 radical (unpaired) electrons. The quantitative estimate of drug-likeness (QED) is 0.485. The zero-order valence-corrected chi connectivity index (χ0v) is 15.7. The number of benzene rings is 3. The molecule has 0 aliphatic rings. The van der Waals surface area contributed by atoms with E-state index < -0.39 is 10.8 Å². The molecule has 3 aromatic carbocycles. The van der Waals surface area contributed by atoms with E-state index in [-0.39, 0.29) is 5.56 Å². The molecule has 0 aliphatic carbocycles. The van der Waals surface area contributed by atoms with E-state index in [4.69, 9.17) is 21.1 Å². The summed E-state index contributed by atoms with van der Waals surface area (Å²) < 4.78 is 10.5. The lowest BCUT2D eigenvalue weighted by molar-refractivity contribution is 0.0695. The molecular formula is C22H19ClO4. The van der Waals surface area contributed by atoms with Gasteiger partial charge in [0, 0.05) is 0 Å². The Morgan fingerprint density at radius 1 is 0.815 bits per heavy atom. The third-order valence-corrected chi connectivity index (χ3v) is 5.14. The molecule has 0 unspecified atom stereocenters. The monoisotopic (exact) mass is 382 g/mol. The van der Waals surface area contributed by atoms with Crippen LogP contribution < -0.4 is 9.47 Å². The topological polar surface area (TPSA) is 55.8 Å². The van der Waals surface area contributed by atoms with Gasteiger partial charge in [0.1, 0.15) is 16.4 Å². The maximum atomic E-state index is 11.8. The Morgan fingerprint density at radius 3 is 1.67 bits per heavy atom. The molecule has 27 heavy (non-hydrogen) atoms. The molecule has 138 valence electrons. The summed E-state index contributed by atoms with van der Waals surface area (Å²) in [6.07, 6.45) is 0. The Balaban J connectivity index is 2.26. The molecule has 0 bridgehead atoms. The van der Waals surface area contributed by atoms with Crippen molar-refractivity contribution in [3.8, 4) is 11.5 Å². The van der Waals surface area contributed by atoms with Crippen molar-refractivity contribution in [2.75, 3.05) is 14.2 Å². The van der Waals surface area contributed by atoms with Gasteiger partial charge in [-0.2, -0.15) is 0 Å². The van der Waals surface area contributed by atoms with E-state index in [1.807, 2.05) is 24.3 Å². The van der Waals surface area contributed by atoms with Crippen molar-refractivity contribution in [1.82, 2.24) is 0 Å². The number of aromatic carboxylic acids is 1. The summed E-state index contributed by atoms with van der Waals surface area (Å²) in [7, 11) is 3.18. The summed E-state index contributed by atoms with van der Waals surface area (Å²) in [5, 5.41) is 9.69. The van der Waals surface area contributed by atoms with Crippen molar-refractivity contribution >= 4 is 17.6 Å². The van der Waals surface area contributed by atoms with Crippen molar-refractivity contribution in [2.45, 2.75) is 4.87 Å². The van der Waals surface area contributed by atoms with Gasteiger partial charge in [0.15, 0.2) is 0 Å². The molecule has 3 aromatic rings. The normalized spacial score (nSPS) is 11.1. The Bertz CT molecular complexity index is 886. The zero-order chi connectivity index (χ0) is 19.4. The minimum atomic E-state index is -1.19. The van der Waals surface area contributed by atoms with Gasteiger partial charge in [0.25, 0.3) is 0 Å². The number of halogens is 1. The number of rotatable bonds is 6. The van der Waals surface area contributed by atoms with Crippen LogP contribution in [0.2, 0.25) is 0 Å². The van der Waals surface area contributed by atoms with E-state index in [1.165, 1.54) is 0 Å². The van der Waals surface area contributed by atoms with E-state index in [1.54, 1.807) is 62.8 Å². The first kappa shape index (κ1) is 18.8. The van der Waals surface area contributed by atoms with E-state index >= 15 is 0 Å². The van der Waals surface area contributed by atoms with E-state index in [0.29, 0.717) is 17.1 Å². The summed E-state index contributed by atoms with van der Waals surface area (Å²) in [6.45, 7) is 0. The van der Waals surface area contributed by atoms with E-state index in [9.17, 15) is 9.90 Å². The first-order valence-corrected chi connectivity index (χ1v) is 8.69. The van der Waals surface area contributed by atoms with Gasteiger partial charge in [-0.25, -0.2) is 4.79 Å². The molecule has 5 heteroatoms. The number of carboxylic acids is 1. The molecule has 0 aromatic heterocycles. The highest BCUT2D eigenvalue weighted by atomic mass is 35.5. The highest BCUT2D eigenvalue weighted by molar-refractivity contribution is 6.28. The van der Waals surface area contributed by atoms with Gasteiger partial charge in [-0.15, -0.1) is 11.6 Å². The maximum Gasteiger partial charge on any atom is 0.336 e. The third kappa shape index (κ3) is 3.49. The van der Waals surface area contributed by atoms with Crippen molar-refractivity contribution in [3.63, 3.8) is 0 Å². The maximum absolute atomic E-state index is 11.8. The van der Waals surface area contributed by atoms with Gasteiger partial charge in [0.2, 0.25) is 0 Å². The third-order valence-electron chi connectivity index (χ3n) is 4.50. The second-order valence-electron chi connectivity index (χ2n) is 5.97. The number of methoxy groups -OCH3 is 2. The predicted molar refractivity (Wildman–Crippen MR) is 105 cm³/mol. The second-order valence-corrected chi connectivity index (χ2v) is 6.53. The molecule has 4 nitrogen and oxygen atoms in total. The molecule has 0 saturated carbocycles. The molecule has 0 aliphatic heterocycles. The molecule has 0 fully saturated rings. The summed E-state index contributed by atoms with van der Waals surface area (Å²) in [5.41, 5.74) is 2.13. The Hall–Kier alpha value is -2.98. The highest BCUT2D eigenvalue weighted by Gasteiger charge is 2.37. The van der Waals surface area contributed by atoms with Crippen LogP contribution in [0.15, 0.2) is 72.8 Å². The first-order chi connectivity index (χ1) is 13.0. The van der Waals surface area contributed by atoms with Gasteiger partial charge in [-0.05, 0) is 47.0 Å².